The first-order valence-electron chi connectivity index (χ1n) is 6.61. The molecular weight excluding hydrogens is 226 g/mol. The van der Waals surface area contributed by atoms with Gasteiger partial charge in [0.1, 0.15) is 0 Å². The maximum Gasteiger partial charge on any atom is 0.251 e. The van der Waals surface area contributed by atoms with Crippen LogP contribution in [-0.4, -0.2) is 23.7 Å². The van der Waals surface area contributed by atoms with Gasteiger partial charge >= 0.3 is 0 Å². The molecule has 0 saturated heterocycles. The SMILES string of the molecule is Cc1ccc(C)c(C(=O)NCCC(O)C2CC2)c1. The summed E-state index contributed by atoms with van der Waals surface area (Å²) in [4.78, 5) is 12.0. The molecule has 1 unspecified atom stereocenters. The van der Waals surface area contributed by atoms with Crippen LogP contribution in [0.2, 0.25) is 0 Å². The largest absolute Gasteiger partial charge is 0.393 e. The predicted octanol–water partition coefficient (Wildman–Crippen LogP) is 2.19. The summed E-state index contributed by atoms with van der Waals surface area (Å²) in [6.45, 7) is 4.46. The highest BCUT2D eigenvalue weighted by Crippen LogP contribution is 2.33. The summed E-state index contributed by atoms with van der Waals surface area (Å²) in [7, 11) is 0. The van der Waals surface area contributed by atoms with E-state index in [1.165, 1.54) is 0 Å². The van der Waals surface area contributed by atoms with Gasteiger partial charge < -0.3 is 10.4 Å². The number of carbonyl (C=O) groups excluding carboxylic acids is 1. The number of rotatable bonds is 5. The molecule has 98 valence electrons. The zero-order chi connectivity index (χ0) is 13.1. The number of aliphatic hydroxyl groups excluding tert-OH is 1. The Morgan fingerprint density at radius 3 is 2.83 bits per heavy atom. The number of carbonyl (C=O) groups is 1. The van der Waals surface area contributed by atoms with Crippen LogP contribution in [-0.2, 0) is 0 Å². The van der Waals surface area contributed by atoms with Gasteiger partial charge in [0.05, 0.1) is 6.10 Å². The second-order valence-electron chi connectivity index (χ2n) is 5.27. The number of hydrogen-bond acceptors (Lipinski definition) is 2. The Balaban J connectivity index is 1.85. The van der Waals surface area contributed by atoms with Crippen LogP contribution >= 0.6 is 0 Å². The number of aliphatic hydroxyl groups is 1. The summed E-state index contributed by atoms with van der Waals surface area (Å²) in [6.07, 6.45) is 2.67. The fraction of sp³-hybridized carbons (Fsp3) is 0.533. The lowest BCUT2D eigenvalue weighted by Crippen LogP contribution is -2.28. The first-order chi connectivity index (χ1) is 8.58. The van der Waals surface area contributed by atoms with Gasteiger partial charge in [-0.15, -0.1) is 0 Å². The van der Waals surface area contributed by atoms with Crippen molar-refractivity contribution in [1.82, 2.24) is 5.32 Å². The molecule has 1 saturated carbocycles. The molecule has 1 amide bonds. The van der Waals surface area contributed by atoms with E-state index in [-0.39, 0.29) is 12.0 Å². The Morgan fingerprint density at radius 1 is 1.44 bits per heavy atom. The van der Waals surface area contributed by atoms with Gasteiger partial charge in [0, 0.05) is 12.1 Å². The van der Waals surface area contributed by atoms with Gasteiger partial charge in [-0.05, 0) is 50.7 Å². The fourth-order valence-electron chi connectivity index (χ4n) is 2.13. The second-order valence-corrected chi connectivity index (χ2v) is 5.27. The van der Waals surface area contributed by atoms with Crippen molar-refractivity contribution in [2.75, 3.05) is 6.54 Å². The van der Waals surface area contributed by atoms with Gasteiger partial charge in [-0.25, -0.2) is 0 Å². The van der Waals surface area contributed by atoms with Crippen LogP contribution in [0.25, 0.3) is 0 Å². The van der Waals surface area contributed by atoms with Gasteiger partial charge in [0.2, 0.25) is 0 Å². The van der Waals surface area contributed by atoms with E-state index in [1.807, 2.05) is 32.0 Å². The first-order valence-corrected chi connectivity index (χ1v) is 6.61. The van der Waals surface area contributed by atoms with Crippen LogP contribution < -0.4 is 5.32 Å². The Bertz CT molecular complexity index is 438. The molecular formula is C15H21NO2. The van der Waals surface area contributed by atoms with Crippen molar-refractivity contribution in [1.29, 1.82) is 0 Å². The zero-order valence-electron chi connectivity index (χ0n) is 11.1. The van der Waals surface area contributed by atoms with E-state index >= 15 is 0 Å². The van der Waals surface area contributed by atoms with Crippen LogP contribution in [0, 0.1) is 19.8 Å². The van der Waals surface area contributed by atoms with Crippen LogP contribution in [0.15, 0.2) is 18.2 Å². The highest BCUT2D eigenvalue weighted by molar-refractivity contribution is 5.95. The molecule has 1 aromatic carbocycles. The van der Waals surface area contributed by atoms with Crippen molar-refractivity contribution < 1.29 is 9.90 Å². The standard InChI is InChI=1S/C15H21NO2/c1-10-3-4-11(2)13(9-10)15(18)16-8-7-14(17)12-5-6-12/h3-4,9,12,14,17H,5-8H2,1-2H3,(H,16,18). The molecule has 3 heteroatoms. The summed E-state index contributed by atoms with van der Waals surface area (Å²) in [5.74, 6) is 0.432. The summed E-state index contributed by atoms with van der Waals surface area (Å²) in [6, 6.07) is 5.87. The number of benzene rings is 1. The lowest BCUT2D eigenvalue weighted by Gasteiger charge is -2.11. The van der Waals surface area contributed by atoms with E-state index in [4.69, 9.17) is 0 Å². The molecule has 1 aromatic rings. The van der Waals surface area contributed by atoms with Gasteiger partial charge in [0.25, 0.3) is 5.91 Å². The molecule has 1 fully saturated rings. The Morgan fingerprint density at radius 2 is 2.17 bits per heavy atom. The zero-order valence-corrected chi connectivity index (χ0v) is 11.1. The van der Waals surface area contributed by atoms with Crippen molar-refractivity contribution in [2.24, 2.45) is 5.92 Å². The van der Waals surface area contributed by atoms with Crippen molar-refractivity contribution >= 4 is 5.91 Å². The van der Waals surface area contributed by atoms with Crippen molar-refractivity contribution in [3.8, 4) is 0 Å². The minimum Gasteiger partial charge on any atom is -0.393 e. The molecule has 0 aliphatic heterocycles. The molecule has 18 heavy (non-hydrogen) atoms. The van der Waals surface area contributed by atoms with Crippen LogP contribution in [0.5, 0.6) is 0 Å². The molecule has 0 aromatic heterocycles. The number of amides is 1. The highest BCUT2D eigenvalue weighted by atomic mass is 16.3. The summed E-state index contributed by atoms with van der Waals surface area (Å²) in [5.41, 5.74) is 2.81. The molecule has 1 aliphatic carbocycles. The topological polar surface area (TPSA) is 49.3 Å². The second kappa shape index (κ2) is 5.53. The average Bonchev–Trinajstić information content (AvgIpc) is 3.16. The lowest BCUT2D eigenvalue weighted by atomic mass is 10.0. The Hall–Kier alpha value is -1.35. The monoisotopic (exact) mass is 247 g/mol. The third-order valence-electron chi connectivity index (χ3n) is 3.53. The minimum absolute atomic E-state index is 0.0424. The van der Waals surface area contributed by atoms with Gasteiger partial charge in [-0.1, -0.05) is 17.7 Å². The van der Waals surface area contributed by atoms with E-state index in [0.717, 1.165) is 29.5 Å². The third-order valence-corrected chi connectivity index (χ3v) is 3.53. The first kappa shape index (κ1) is 13.1. The average molecular weight is 247 g/mol. The Kier molecular flexibility index (Phi) is 4.02. The van der Waals surface area contributed by atoms with E-state index in [2.05, 4.69) is 5.32 Å². The maximum absolute atomic E-state index is 12.0. The lowest BCUT2D eigenvalue weighted by molar-refractivity contribution is 0.0936. The summed E-state index contributed by atoms with van der Waals surface area (Å²) >= 11 is 0. The van der Waals surface area contributed by atoms with Gasteiger partial charge in [-0.3, -0.25) is 4.79 Å². The number of aryl methyl sites for hydroxylation is 2. The number of nitrogens with one attached hydrogen (secondary N) is 1. The fourth-order valence-corrected chi connectivity index (χ4v) is 2.13. The minimum atomic E-state index is -0.246. The number of hydrogen-bond donors (Lipinski definition) is 2. The molecule has 2 rings (SSSR count). The van der Waals surface area contributed by atoms with E-state index in [1.54, 1.807) is 0 Å². The quantitative estimate of drug-likeness (QED) is 0.838. The molecule has 2 N–H and O–H groups in total. The Labute approximate surface area is 108 Å². The van der Waals surface area contributed by atoms with E-state index in [0.29, 0.717) is 18.9 Å². The molecule has 1 atom stereocenters. The van der Waals surface area contributed by atoms with Crippen LogP contribution in [0.1, 0.15) is 40.7 Å². The molecule has 1 aliphatic rings. The van der Waals surface area contributed by atoms with Crippen LogP contribution in [0.3, 0.4) is 0 Å². The molecule has 0 heterocycles. The summed E-state index contributed by atoms with van der Waals surface area (Å²) in [5, 5.41) is 12.6. The smallest absolute Gasteiger partial charge is 0.251 e. The molecule has 0 radical (unpaired) electrons. The van der Waals surface area contributed by atoms with E-state index < -0.39 is 0 Å². The van der Waals surface area contributed by atoms with Crippen molar-refractivity contribution in [2.45, 2.75) is 39.2 Å². The van der Waals surface area contributed by atoms with Crippen molar-refractivity contribution in [3.63, 3.8) is 0 Å². The normalized spacial score (nSPS) is 16.4. The van der Waals surface area contributed by atoms with Crippen molar-refractivity contribution in [3.05, 3.63) is 34.9 Å². The van der Waals surface area contributed by atoms with Crippen LogP contribution in [0.4, 0.5) is 0 Å². The molecule has 0 bridgehead atoms. The predicted molar refractivity (Wildman–Crippen MR) is 71.6 cm³/mol. The molecule has 3 nitrogen and oxygen atoms in total. The third kappa shape index (κ3) is 3.33. The van der Waals surface area contributed by atoms with Gasteiger partial charge in [-0.2, -0.15) is 0 Å². The maximum atomic E-state index is 12.0. The van der Waals surface area contributed by atoms with E-state index in [9.17, 15) is 9.90 Å². The molecule has 0 spiro atoms. The summed E-state index contributed by atoms with van der Waals surface area (Å²) < 4.78 is 0. The highest BCUT2D eigenvalue weighted by Gasteiger charge is 2.29. The van der Waals surface area contributed by atoms with Gasteiger partial charge in [0.15, 0.2) is 0 Å².